The summed E-state index contributed by atoms with van der Waals surface area (Å²) in [6.45, 7) is 6.10. The van der Waals surface area contributed by atoms with Crippen molar-refractivity contribution in [1.82, 2.24) is 10.6 Å². The number of aliphatic hydroxyl groups is 3. The second kappa shape index (κ2) is 10.2. The number of ether oxygens (including phenoxy) is 1. The summed E-state index contributed by atoms with van der Waals surface area (Å²) in [7, 11) is 0. The third-order valence-corrected chi connectivity index (χ3v) is 6.12. The van der Waals surface area contributed by atoms with E-state index in [0.29, 0.717) is 13.0 Å². The van der Waals surface area contributed by atoms with Crippen molar-refractivity contribution in [1.29, 1.82) is 0 Å². The number of aliphatic hydroxyl groups excluding tert-OH is 3. The Bertz CT molecular complexity index is 560. The summed E-state index contributed by atoms with van der Waals surface area (Å²) in [5.74, 6) is -0.258. The molecular weight excluding hydrogens is 392 g/mol. The number of alkyl halides is 1. The van der Waals surface area contributed by atoms with E-state index < -0.39 is 47.3 Å². The first-order chi connectivity index (χ1) is 12.8. The second-order valence-corrected chi connectivity index (χ2v) is 8.49. The Morgan fingerprint density at radius 1 is 1.44 bits per heavy atom. The van der Waals surface area contributed by atoms with E-state index in [0.717, 1.165) is 12.0 Å². The number of nitrogens with one attached hydrogen (secondary N) is 2. The van der Waals surface area contributed by atoms with E-state index in [4.69, 9.17) is 16.3 Å². The number of carbonyl (C=O) groups excluding carboxylic acids is 1. The molecule has 0 aliphatic carbocycles. The average Bonchev–Trinajstić information content (AvgIpc) is 2.90. The molecule has 9 heteroatoms. The number of halogens is 1. The van der Waals surface area contributed by atoms with E-state index in [-0.39, 0.29) is 5.91 Å². The minimum atomic E-state index is -1.38. The van der Waals surface area contributed by atoms with Gasteiger partial charge in [-0.2, -0.15) is 0 Å². The number of hydrogen-bond acceptors (Lipinski definition) is 7. The van der Waals surface area contributed by atoms with Crippen LogP contribution >= 0.6 is 23.4 Å². The summed E-state index contributed by atoms with van der Waals surface area (Å²) >= 11 is 7.49. The summed E-state index contributed by atoms with van der Waals surface area (Å²) in [4.78, 5) is 12.8. The van der Waals surface area contributed by atoms with Crippen molar-refractivity contribution in [2.24, 2.45) is 0 Å². The lowest BCUT2D eigenvalue weighted by Gasteiger charge is -2.44. The molecule has 0 radical (unpaired) electrons. The molecule has 8 atom stereocenters. The fourth-order valence-corrected chi connectivity index (χ4v) is 4.20. The monoisotopic (exact) mass is 420 g/mol. The minimum absolute atomic E-state index is 0.258. The lowest BCUT2D eigenvalue weighted by molar-refractivity contribution is -0.205. The molecule has 0 bridgehead atoms. The third kappa shape index (κ3) is 5.47. The van der Waals surface area contributed by atoms with Crippen LogP contribution in [0.4, 0.5) is 0 Å². The number of thioether (sulfide) groups is 1. The number of amides is 1. The van der Waals surface area contributed by atoms with Gasteiger partial charge in [0, 0.05) is 0 Å². The fraction of sp³-hybridized carbons (Fsp3) is 0.722. The lowest BCUT2D eigenvalue weighted by atomic mass is 9.93. The SMILES string of the molecule is C=CC1=CC[C@@H](C(=O)NC([C@H]2OC(SC)[C@H](O)C(O)C2O)[C@H](C)Cl)NCC1. The molecule has 0 spiro atoms. The van der Waals surface area contributed by atoms with Crippen molar-refractivity contribution in [3.63, 3.8) is 0 Å². The number of rotatable bonds is 6. The Kier molecular flexibility index (Phi) is 8.61. The Balaban J connectivity index is 2.11. The molecule has 1 saturated heterocycles. The molecule has 2 rings (SSSR count). The van der Waals surface area contributed by atoms with Gasteiger partial charge < -0.3 is 30.7 Å². The molecular formula is C18H29ClN2O5S. The van der Waals surface area contributed by atoms with Crippen molar-refractivity contribution >= 4 is 29.3 Å². The first-order valence-electron chi connectivity index (χ1n) is 9.01. The van der Waals surface area contributed by atoms with Gasteiger partial charge in [0.1, 0.15) is 29.9 Å². The topological polar surface area (TPSA) is 111 Å². The van der Waals surface area contributed by atoms with Crippen LogP contribution in [0, 0.1) is 0 Å². The van der Waals surface area contributed by atoms with Gasteiger partial charge in [0.05, 0.1) is 17.5 Å². The van der Waals surface area contributed by atoms with Crippen molar-refractivity contribution in [2.75, 3.05) is 12.8 Å². The zero-order valence-corrected chi connectivity index (χ0v) is 17.1. The van der Waals surface area contributed by atoms with Crippen molar-refractivity contribution in [3.05, 3.63) is 24.3 Å². The van der Waals surface area contributed by atoms with Gasteiger partial charge in [-0.05, 0) is 32.6 Å². The summed E-state index contributed by atoms with van der Waals surface area (Å²) in [5.41, 5.74) is 0.364. The van der Waals surface area contributed by atoms with Gasteiger partial charge in [0.25, 0.3) is 0 Å². The van der Waals surface area contributed by atoms with Gasteiger partial charge in [-0.25, -0.2) is 0 Å². The number of hydrogen-bond donors (Lipinski definition) is 5. The largest absolute Gasteiger partial charge is 0.388 e. The highest BCUT2D eigenvalue weighted by Gasteiger charge is 2.48. The molecule has 5 N–H and O–H groups in total. The highest BCUT2D eigenvalue weighted by atomic mass is 35.5. The van der Waals surface area contributed by atoms with Crippen LogP contribution in [0.5, 0.6) is 0 Å². The normalized spacial score (nSPS) is 36.9. The standard InChI is InChI=1S/C18H29ClN2O5S/c1-4-10-5-6-11(20-8-7-10)17(25)21-12(9(2)19)16-14(23)13(22)15(24)18(26-16)27-3/h4-5,9,11-16,18,20,22-24H,1,6-8H2,2-3H3,(H,21,25)/t9-,11-,12?,13?,14?,15+,16+,18?/m0/s1. The first-order valence-corrected chi connectivity index (χ1v) is 10.7. The summed E-state index contributed by atoms with van der Waals surface area (Å²) in [6.07, 6.45) is 1.88. The predicted molar refractivity (Wildman–Crippen MR) is 107 cm³/mol. The van der Waals surface area contributed by atoms with E-state index in [1.807, 2.05) is 6.08 Å². The van der Waals surface area contributed by atoms with Crippen molar-refractivity contribution in [2.45, 2.75) is 67.1 Å². The molecule has 1 fully saturated rings. The van der Waals surface area contributed by atoms with E-state index in [9.17, 15) is 20.1 Å². The van der Waals surface area contributed by atoms with Gasteiger partial charge in [-0.15, -0.1) is 23.4 Å². The molecule has 0 aromatic rings. The molecule has 0 aromatic heterocycles. The quantitative estimate of drug-likeness (QED) is 0.388. The van der Waals surface area contributed by atoms with Gasteiger partial charge in [-0.3, -0.25) is 4.79 Å². The Morgan fingerprint density at radius 2 is 2.15 bits per heavy atom. The minimum Gasteiger partial charge on any atom is -0.388 e. The van der Waals surface area contributed by atoms with Crippen LogP contribution < -0.4 is 10.6 Å². The van der Waals surface area contributed by atoms with Gasteiger partial charge in [0.15, 0.2) is 0 Å². The summed E-state index contributed by atoms with van der Waals surface area (Å²) in [5, 5.41) is 36.0. The zero-order chi connectivity index (χ0) is 20.1. The molecule has 154 valence electrons. The van der Waals surface area contributed by atoms with Crippen LogP contribution in [0.25, 0.3) is 0 Å². The highest BCUT2D eigenvalue weighted by molar-refractivity contribution is 7.99. The second-order valence-electron chi connectivity index (χ2n) is 6.86. The number of carbonyl (C=O) groups is 1. The van der Waals surface area contributed by atoms with Gasteiger partial charge >= 0.3 is 0 Å². The van der Waals surface area contributed by atoms with Crippen LogP contribution in [-0.2, 0) is 9.53 Å². The van der Waals surface area contributed by atoms with Crippen LogP contribution in [0.2, 0.25) is 0 Å². The maximum absolute atomic E-state index is 12.8. The first kappa shape index (κ1) is 22.7. The average molecular weight is 421 g/mol. The molecule has 27 heavy (non-hydrogen) atoms. The Hall–Kier alpha value is -0.610. The van der Waals surface area contributed by atoms with Crippen molar-refractivity contribution in [3.8, 4) is 0 Å². The maximum atomic E-state index is 12.8. The van der Waals surface area contributed by atoms with Crippen LogP contribution in [0.15, 0.2) is 24.3 Å². The van der Waals surface area contributed by atoms with Crippen molar-refractivity contribution < 1.29 is 24.9 Å². The third-order valence-electron chi connectivity index (χ3n) is 5.00. The summed E-state index contributed by atoms with van der Waals surface area (Å²) in [6, 6.07) is -1.17. The van der Waals surface area contributed by atoms with Gasteiger partial charge in [0.2, 0.25) is 5.91 Å². The Labute approximate surface area is 169 Å². The summed E-state index contributed by atoms with van der Waals surface area (Å²) < 4.78 is 5.76. The highest BCUT2D eigenvalue weighted by Crippen LogP contribution is 2.30. The lowest BCUT2D eigenvalue weighted by Crippen LogP contribution is -2.65. The van der Waals surface area contributed by atoms with E-state index in [1.54, 1.807) is 19.3 Å². The molecule has 1 amide bonds. The van der Waals surface area contributed by atoms with Crippen LogP contribution in [0.3, 0.4) is 0 Å². The molecule has 2 aliphatic rings. The maximum Gasteiger partial charge on any atom is 0.237 e. The Morgan fingerprint density at radius 3 is 2.74 bits per heavy atom. The van der Waals surface area contributed by atoms with Crippen LogP contribution in [0.1, 0.15) is 19.8 Å². The fourth-order valence-electron chi connectivity index (χ4n) is 3.32. The molecule has 7 nitrogen and oxygen atoms in total. The number of allylic oxidation sites excluding steroid dienone is 1. The van der Waals surface area contributed by atoms with E-state index in [1.165, 1.54) is 11.8 Å². The molecule has 2 aliphatic heterocycles. The zero-order valence-electron chi connectivity index (χ0n) is 15.5. The molecule has 0 saturated carbocycles. The smallest absolute Gasteiger partial charge is 0.237 e. The van der Waals surface area contributed by atoms with Gasteiger partial charge in [-0.1, -0.05) is 24.3 Å². The van der Waals surface area contributed by atoms with E-state index in [2.05, 4.69) is 17.2 Å². The molecule has 4 unspecified atom stereocenters. The van der Waals surface area contributed by atoms with Crippen LogP contribution in [-0.4, -0.2) is 81.3 Å². The van der Waals surface area contributed by atoms with E-state index >= 15 is 0 Å². The molecule has 0 aromatic carbocycles. The molecule has 2 heterocycles. The predicted octanol–water partition coefficient (Wildman–Crippen LogP) is 0.134.